The van der Waals surface area contributed by atoms with Gasteiger partial charge in [-0.3, -0.25) is 4.79 Å². The maximum absolute atomic E-state index is 11.7. The molecule has 0 saturated heterocycles. The summed E-state index contributed by atoms with van der Waals surface area (Å²) in [6.45, 7) is 1.83. The number of hydrogen-bond donors (Lipinski definition) is 1. The van der Waals surface area contributed by atoms with Crippen molar-refractivity contribution in [2.75, 3.05) is 7.05 Å². The number of hydrogen-bond acceptors (Lipinski definition) is 2. The lowest BCUT2D eigenvalue weighted by Crippen LogP contribution is -2.36. The fourth-order valence-corrected chi connectivity index (χ4v) is 1.19. The van der Waals surface area contributed by atoms with Crippen LogP contribution in [0.2, 0.25) is 0 Å². The van der Waals surface area contributed by atoms with E-state index in [1.165, 1.54) is 4.90 Å². The van der Waals surface area contributed by atoms with E-state index >= 15 is 0 Å². The van der Waals surface area contributed by atoms with Crippen molar-refractivity contribution in [1.82, 2.24) is 4.90 Å². The van der Waals surface area contributed by atoms with Gasteiger partial charge in [-0.1, -0.05) is 25.1 Å². The largest absolute Gasteiger partial charge is 0.374 e. The first-order valence-electron chi connectivity index (χ1n) is 4.67. The number of nitrogens with zero attached hydrogens (tertiary/aromatic N) is 1. The van der Waals surface area contributed by atoms with Crippen molar-refractivity contribution in [1.29, 1.82) is 0 Å². The number of amides is 1. The Morgan fingerprint density at radius 3 is 2.50 bits per heavy atom. The maximum Gasteiger partial charge on any atom is 0.255 e. The first-order chi connectivity index (χ1) is 6.66. The fraction of sp³-hybridized carbons (Fsp3) is 0.364. The zero-order chi connectivity index (χ0) is 10.6. The molecule has 0 spiro atoms. The topological polar surface area (TPSA) is 40.5 Å². The van der Waals surface area contributed by atoms with Gasteiger partial charge in [-0.25, -0.2) is 0 Å². The Morgan fingerprint density at radius 2 is 2.00 bits per heavy atom. The molecule has 1 amide bonds. The maximum atomic E-state index is 11.7. The monoisotopic (exact) mass is 193 g/mol. The van der Waals surface area contributed by atoms with E-state index in [0.29, 0.717) is 12.0 Å². The molecule has 0 aliphatic heterocycles. The van der Waals surface area contributed by atoms with Gasteiger partial charge in [0.25, 0.3) is 5.91 Å². The lowest BCUT2D eigenvalue weighted by Gasteiger charge is -2.22. The Hall–Kier alpha value is -1.35. The Morgan fingerprint density at radius 1 is 1.43 bits per heavy atom. The van der Waals surface area contributed by atoms with Gasteiger partial charge in [0.2, 0.25) is 0 Å². The van der Waals surface area contributed by atoms with Crippen LogP contribution in [0.15, 0.2) is 30.3 Å². The van der Waals surface area contributed by atoms with E-state index in [4.69, 9.17) is 0 Å². The summed E-state index contributed by atoms with van der Waals surface area (Å²) in [5.74, 6) is -0.153. The molecule has 0 aliphatic rings. The van der Waals surface area contributed by atoms with Crippen molar-refractivity contribution in [3.8, 4) is 0 Å². The van der Waals surface area contributed by atoms with E-state index in [-0.39, 0.29) is 5.91 Å². The van der Waals surface area contributed by atoms with Gasteiger partial charge in [0.15, 0.2) is 0 Å². The molecule has 1 rings (SSSR count). The van der Waals surface area contributed by atoms with Crippen LogP contribution in [-0.2, 0) is 0 Å². The SMILES string of the molecule is CCC(O)N(C)C(=O)c1ccccc1. The average Bonchev–Trinajstić information content (AvgIpc) is 2.27. The third kappa shape index (κ3) is 2.33. The van der Waals surface area contributed by atoms with Crippen LogP contribution in [0.5, 0.6) is 0 Å². The Kier molecular flexibility index (Phi) is 3.65. The summed E-state index contributed by atoms with van der Waals surface area (Å²) in [6.07, 6.45) is -0.169. The van der Waals surface area contributed by atoms with Gasteiger partial charge >= 0.3 is 0 Å². The summed E-state index contributed by atoms with van der Waals surface area (Å²) in [6, 6.07) is 8.94. The predicted octanol–water partition coefficient (Wildman–Crippen LogP) is 1.49. The predicted molar refractivity (Wildman–Crippen MR) is 54.8 cm³/mol. The fourth-order valence-electron chi connectivity index (χ4n) is 1.19. The lowest BCUT2D eigenvalue weighted by atomic mass is 10.2. The molecular weight excluding hydrogens is 178 g/mol. The third-order valence-corrected chi connectivity index (χ3v) is 2.15. The second-order valence-electron chi connectivity index (χ2n) is 3.17. The molecule has 0 saturated carbocycles. The molecule has 1 aromatic carbocycles. The van der Waals surface area contributed by atoms with Crippen LogP contribution in [0.3, 0.4) is 0 Å². The van der Waals surface area contributed by atoms with E-state index in [2.05, 4.69) is 0 Å². The number of benzene rings is 1. The van der Waals surface area contributed by atoms with Crippen LogP contribution in [0, 0.1) is 0 Å². The molecule has 0 heterocycles. The Balaban J connectivity index is 2.76. The summed E-state index contributed by atoms with van der Waals surface area (Å²) in [5.41, 5.74) is 0.600. The highest BCUT2D eigenvalue weighted by atomic mass is 16.3. The summed E-state index contributed by atoms with van der Waals surface area (Å²) in [7, 11) is 1.60. The number of carbonyl (C=O) groups excluding carboxylic acids is 1. The molecule has 76 valence electrons. The van der Waals surface area contributed by atoms with Crippen molar-refractivity contribution < 1.29 is 9.90 Å². The summed E-state index contributed by atoms with van der Waals surface area (Å²) < 4.78 is 0. The molecule has 3 heteroatoms. The number of carbonyl (C=O) groups is 1. The van der Waals surface area contributed by atoms with Gasteiger partial charge in [-0.2, -0.15) is 0 Å². The van der Waals surface area contributed by atoms with Crippen LogP contribution >= 0.6 is 0 Å². The van der Waals surface area contributed by atoms with Crippen molar-refractivity contribution >= 4 is 5.91 Å². The summed E-state index contributed by atoms with van der Waals surface area (Å²) >= 11 is 0. The second-order valence-corrected chi connectivity index (χ2v) is 3.17. The van der Waals surface area contributed by atoms with Gasteiger partial charge in [0.1, 0.15) is 6.23 Å². The smallest absolute Gasteiger partial charge is 0.255 e. The molecule has 14 heavy (non-hydrogen) atoms. The van der Waals surface area contributed by atoms with Gasteiger partial charge in [0, 0.05) is 12.6 Å². The molecule has 1 aromatic rings. The minimum atomic E-state index is -0.706. The Labute approximate surface area is 84.0 Å². The van der Waals surface area contributed by atoms with Crippen molar-refractivity contribution in [2.24, 2.45) is 0 Å². The van der Waals surface area contributed by atoms with Crippen molar-refractivity contribution in [3.05, 3.63) is 35.9 Å². The summed E-state index contributed by atoms with van der Waals surface area (Å²) in [5, 5.41) is 9.46. The van der Waals surface area contributed by atoms with E-state index in [1.807, 2.05) is 13.0 Å². The first-order valence-corrected chi connectivity index (χ1v) is 4.67. The minimum Gasteiger partial charge on any atom is -0.374 e. The molecule has 1 unspecified atom stereocenters. The highest BCUT2D eigenvalue weighted by molar-refractivity contribution is 5.94. The number of rotatable bonds is 3. The van der Waals surface area contributed by atoms with Crippen molar-refractivity contribution in [3.63, 3.8) is 0 Å². The zero-order valence-electron chi connectivity index (χ0n) is 8.47. The van der Waals surface area contributed by atoms with Crippen LogP contribution in [0.4, 0.5) is 0 Å². The molecule has 3 nitrogen and oxygen atoms in total. The summed E-state index contributed by atoms with van der Waals surface area (Å²) in [4.78, 5) is 13.1. The number of aliphatic hydroxyl groups is 1. The highest BCUT2D eigenvalue weighted by Gasteiger charge is 2.16. The van der Waals surface area contributed by atoms with Crippen LogP contribution in [-0.4, -0.2) is 29.2 Å². The average molecular weight is 193 g/mol. The quantitative estimate of drug-likeness (QED) is 0.739. The number of aliphatic hydroxyl groups excluding tert-OH is 1. The molecule has 0 aromatic heterocycles. The molecule has 1 N–H and O–H groups in total. The van der Waals surface area contributed by atoms with Gasteiger partial charge < -0.3 is 10.0 Å². The van der Waals surface area contributed by atoms with Crippen LogP contribution in [0.1, 0.15) is 23.7 Å². The molecule has 1 atom stereocenters. The van der Waals surface area contributed by atoms with Gasteiger partial charge in [-0.05, 0) is 18.6 Å². The van der Waals surface area contributed by atoms with E-state index in [9.17, 15) is 9.90 Å². The third-order valence-electron chi connectivity index (χ3n) is 2.15. The van der Waals surface area contributed by atoms with Crippen LogP contribution < -0.4 is 0 Å². The molecule has 0 aliphatic carbocycles. The van der Waals surface area contributed by atoms with E-state index in [1.54, 1.807) is 31.3 Å². The normalized spacial score (nSPS) is 12.2. The Bertz CT molecular complexity index is 297. The van der Waals surface area contributed by atoms with E-state index in [0.717, 1.165) is 0 Å². The van der Waals surface area contributed by atoms with Gasteiger partial charge in [0.05, 0.1) is 0 Å². The first kappa shape index (κ1) is 10.7. The zero-order valence-corrected chi connectivity index (χ0v) is 8.47. The molecule has 0 fully saturated rings. The molecule has 0 bridgehead atoms. The minimum absolute atomic E-state index is 0.153. The standard InChI is InChI=1S/C11H15NO2/c1-3-10(13)12(2)11(14)9-7-5-4-6-8-9/h4-8,10,13H,3H2,1-2H3. The van der Waals surface area contributed by atoms with E-state index < -0.39 is 6.23 Å². The molecule has 0 radical (unpaired) electrons. The lowest BCUT2D eigenvalue weighted by molar-refractivity contribution is 0.0182. The van der Waals surface area contributed by atoms with Gasteiger partial charge in [-0.15, -0.1) is 0 Å². The highest BCUT2D eigenvalue weighted by Crippen LogP contribution is 2.06. The van der Waals surface area contributed by atoms with Crippen LogP contribution in [0.25, 0.3) is 0 Å². The second kappa shape index (κ2) is 4.77. The van der Waals surface area contributed by atoms with Crippen molar-refractivity contribution in [2.45, 2.75) is 19.6 Å². The molecular formula is C11H15NO2.